The fourth-order valence-corrected chi connectivity index (χ4v) is 19.7. The molecule has 370 valence electrons. The van der Waals surface area contributed by atoms with Crippen molar-refractivity contribution >= 4 is 0 Å². The zero-order valence-electron chi connectivity index (χ0n) is 44.1. The van der Waals surface area contributed by atoms with Crippen molar-refractivity contribution in [3.63, 3.8) is 0 Å². The molecule has 0 aromatic heterocycles. The number of hydrogen-bond donors (Lipinski definition) is 1. The molecule has 3 heteroatoms. The summed E-state index contributed by atoms with van der Waals surface area (Å²) in [5.74, 6) is 10.4. The van der Waals surface area contributed by atoms with E-state index in [-0.39, 0.29) is 0 Å². The molecule has 7 aliphatic carbocycles. The summed E-state index contributed by atoms with van der Waals surface area (Å²) in [7, 11) is 0. The van der Waals surface area contributed by atoms with Gasteiger partial charge < -0.3 is 5.32 Å². The molecule has 8 aliphatic rings. The minimum Gasteiger partial charge on any atom is -0.311 e. The topological polar surface area (TPSA) is 18.5 Å². The van der Waals surface area contributed by atoms with Gasteiger partial charge in [-0.25, -0.2) is 0 Å². The van der Waals surface area contributed by atoms with Crippen molar-refractivity contribution in [2.24, 2.45) is 65.1 Å². The lowest BCUT2D eigenvalue weighted by Crippen LogP contribution is -2.61. The van der Waals surface area contributed by atoms with E-state index < -0.39 is 0 Å². The van der Waals surface area contributed by atoms with Crippen LogP contribution in [0, 0.1) is 65.1 Å². The van der Waals surface area contributed by atoms with Crippen molar-refractivity contribution in [2.45, 2.75) is 322 Å². The molecule has 1 N–H and O–H groups in total. The summed E-state index contributed by atoms with van der Waals surface area (Å²) < 4.78 is 0. The highest BCUT2D eigenvalue weighted by Gasteiger charge is 2.55. The van der Waals surface area contributed by atoms with Gasteiger partial charge in [0.25, 0.3) is 0 Å². The van der Waals surface area contributed by atoms with Crippen LogP contribution in [-0.2, 0) is 0 Å². The molecule has 1 saturated heterocycles. The average molecular weight is 887 g/mol. The van der Waals surface area contributed by atoms with E-state index in [1.165, 1.54) is 180 Å². The number of nitrogens with zero attached hydrogens (tertiary/aromatic N) is 2. The summed E-state index contributed by atoms with van der Waals surface area (Å²) in [6.45, 7) is 18.6. The highest BCUT2D eigenvalue weighted by atomic mass is 15.2. The average Bonchev–Trinajstić information content (AvgIpc) is 3.33. The van der Waals surface area contributed by atoms with Gasteiger partial charge in [0.15, 0.2) is 0 Å². The Balaban J connectivity index is 1.20. The maximum Gasteiger partial charge on any atom is 0.0132 e. The number of nitrogens with one attached hydrogen (secondary N) is 1. The van der Waals surface area contributed by atoms with Crippen molar-refractivity contribution in [2.75, 3.05) is 0 Å². The molecule has 0 aromatic rings. The first-order valence-corrected chi connectivity index (χ1v) is 30.7. The van der Waals surface area contributed by atoms with Crippen LogP contribution in [0.4, 0.5) is 0 Å². The van der Waals surface area contributed by atoms with Crippen LogP contribution in [0.3, 0.4) is 0 Å². The van der Waals surface area contributed by atoms with E-state index in [9.17, 15) is 0 Å². The van der Waals surface area contributed by atoms with Gasteiger partial charge in [0.2, 0.25) is 0 Å². The maximum absolute atomic E-state index is 4.86. The van der Waals surface area contributed by atoms with E-state index in [1.807, 2.05) is 0 Å². The fraction of sp³-hybridized carbons (Fsp3) is 1.00. The van der Waals surface area contributed by atoms with Gasteiger partial charge in [-0.05, 0) is 195 Å². The number of fused-ring (bicyclic) bond motifs is 6. The molecule has 1 heterocycles. The van der Waals surface area contributed by atoms with Gasteiger partial charge in [0.1, 0.15) is 0 Å². The van der Waals surface area contributed by atoms with Crippen LogP contribution in [0.25, 0.3) is 0 Å². The van der Waals surface area contributed by atoms with Gasteiger partial charge in [-0.2, -0.15) is 0 Å². The van der Waals surface area contributed by atoms with Crippen LogP contribution in [0.5, 0.6) is 0 Å². The molecule has 16 atom stereocenters. The lowest BCUT2D eigenvalue weighted by molar-refractivity contribution is -0.0911. The molecule has 0 radical (unpaired) electrons. The first kappa shape index (κ1) is 50.3. The maximum atomic E-state index is 4.86. The van der Waals surface area contributed by atoms with Crippen LogP contribution in [0.1, 0.15) is 273 Å². The summed E-state index contributed by atoms with van der Waals surface area (Å²) in [6.07, 6.45) is 51.8. The Morgan fingerprint density at radius 2 is 1.16 bits per heavy atom. The van der Waals surface area contributed by atoms with E-state index in [0.29, 0.717) is 18.1 Å². The van der Waals surface area contributed by atoms with Crippen molar-refractivity contribution in [1.82, 2.24) is 15.1 Å². The lowest BCUT2D eigenvalue weighted by Gasteiger charge is -2.60. The Kier molecular flexibility index (Phi) is 19.3. The second-order valence-electron chi connectivity index (χ2n) is 25.6. The van der Waals surface area contributed by atoms with Crippen molar-refractivity contribution in [1.29, 1.82) is 0 Å². The molecule has 0 aromatic carbocycles. The summed E-state index contributed by atoms with van der Waals surface area (Å²) in [4.78, 5) is 6.56. The number of hydrogen-bond acceptors (Lipinski definition) is 3. The Morgan fingerprint density at radius 3 is 1.83 bits per heavy atom. The summed E-state index contributed by atoms with van der Waals surface area (Å²) in [6, 6.07) is 6.07. The van der Waals surface area contributed by atoms with E-state index in [1.54, 1.807) is 44.9 Å². The summed E-state index contributed by atoms with van der Waals surface area (Å²) in [5, 5.41) is 4.86. The highest BCUT2D eigenvalue weighted by molar-refractivity contribution is 5.07. The van der Waals surface area contributed by atoms with Crippen molar-refractivity contribution in [3.8, 4) is 0 Å². The third kappa shape index (κ3) is 11.6. The predicted octanol–water partition coefficient (Wildman–Crippen LogP) is 16.8. The lowest BCUT2D eigenvalue weighted by atomic mass is 9.48. The van der Waals surface area contributed by atoms with Gasteiger partial charge in [0, 0.05) is 48.3 Å². The van der Waals surface area contributed by atoms with Gasteiger partial charge >= 0.3 is 0 Å². The van der Waals surface area contributed by atoms with Gasteiger partial charge in [-0.3, -0.25) is 9.80 Å². The van der Waals surface area contributed by atoms with Crippen LogP contribution in [0.15, 0.2) is 0 Å². The molecule has 64 heavy (non-hydrogen) atoms. The van der Waals surface area contributed by atoms with Crippen LogP contribution < -0.4 is 5.32 Å². The highest BCUT2D eigenvalue weighted by Crippen LogP contribution is 2.59. The molecular weight excluding hydrogens is 775 g/mol. The smallest absolute Gasteiger partial charge is 0.0132 e. The Morgan fingerprint density at radius 1 is 0.531 bits per heavy atom. The Hall–Kier alpha value is -0.120. The number of rotatable bonds is 14. The minimum atomic E-state index is 0.697. The molecule has 3 nitrogen and oxygen atoms in total. The SMILES string of the molecule is CCCC(CCC)N(C(C)CC1C(CC)C2NC3CCC[C@@H](CCCC(CC)N(C4CCCCC4)C(C)CC2C(CC)C1C1CCC2CCC4CCCC[C@@H]4C2C1)C3)C1CCCCC1. The normalized spacial score (nSPS) is 41.9. The summed E-state index contributed by atoms with van der Waals surface area (Å²) >= 11 is 0. The Labute approximate surface area is 400 Å². The minimum absolute atomic E-state index is 0.697. The van der Waals surface area contributed by atoms with Gasteiger partial charge in [0.05, 0.1) is 0 Å². The van der Waals surface area contributed by atoms with Gasteiger partial charge in [-0.1, -0.05) is 144 Å². The third-order valence-corrected chi connectivity index (χ3v) is 22.2. The first-order valence-electron chi connectivity index (χ1n) is 30.7. The van der Waals surface area contributed by atoms with E-state index >= 15 is 0 Å². The molecule has 1 aliphatic heterocycles. The molecule has 0 amide bonds. The fourth-order valence-electron chi connectivity index (χ4n) is 19.7. The summed E-state index contributed by atoms with van der Waals surface area (Å²) in [5.41, 5.74) is 0. The van der Waals surface area contributed by atoms with E-state index in [2.05, 4.69) is 58.3 Å². The van der Waals surface area contributed by atoms with Crippen molar-refractivity contribution in [3.05, 3.63) is 0 Å². The molecule has 0 spiro atoms. The predicted molar refractivity (Wildman–Crippen MR) is 277 cm³/mol. The molecule has 7 saturated carbocycles. The zero-order chi connectivity index (χ0) is 44.6. The first-order chi connectivity index (χ1) is 31.4. The second-order valence-corrected chi connectivity index (χ2v) is 25.6. The second kappa shape index (κ2) is 24.6. The quantitative estimate of drug-likeness (QED) is 0.187. The largest absolute Gasteiger partial charge is 0.311 e. The van der Waals surface area contributed by atoms with E-state index in [4.69, 9.17) is 5.32 Å². The third-order valence-electron chi connectivity index (χ3n) is 22.2. The standard InChI is InChI=1S/C61H111N3/c1-8-23-51(24-9-2)64(53-31-17-14-18-32-53)43(6)39-58-55(12-5)61-59(54(11-4)60(58)48-38-37-47-36-35-46-27-19-20-34-56(46)57(47)42-48)40-44(7)63(52-29-15-13-16-30-52)50(10-3)33-22-26-45-25-21-28-49(41-45)62-61/h43-62H,8-42H2,1-7H3/t43?,44?,45-,46?,47?,48?,49?,50?,54?,55?,56-,57?,58?,59?,60?,61?/m0/s1. The van der Waals surface area contributed by atoms with Crippen molar-refractivity contribution < 1.29 is 0 Å². The molecule has 14 unspecified atom stereocenters. The van der Waals surface area contributed by atoms with Crippen LogP contribution >= 0.6 is 0 Å². The van der Waals surface area contributed by atoms with Gasteiger partial charge in [-0.15, -0.1) is 0 Å². The molecule has 2 bridgehead atoms. The van der Waals surface area contributed by atoms with Crippen LogP contribution in [0.2, 0.25) is 0 Å². The molecule has 8 rings (SSSR count). The Bertz CT molecular complexity index is 1310. The monoisotopic (exact) mass is 886 g/mol. The zero-order valence-corrected chi connectivity index (χ0v) is 44.1. The van der Waals surface area contributed by atoms with E-state index in [0.717, 1.165) is 95.3 Å². The molecular formula is C61H111N3. The van der Waals surface area contributed by atoms with Crippen LogP contribution in [-0.4, -0.2) is 58.1 Å². The molecule has 8 fully saturated rings.